The molecule has 4 N–H and O–H groups in total. The van der Waals surface area contributed by atoms with Gasteiger partial charge in [0.1, 0.15) is 5.54 Å². The summed E-state index contributed by atoms with van der Waals surface area (Å²) in [5.41, 5.74) is 4.85. The van der Waals surface area contributed by atoms with E-state index in [9.17, 15) is 14.7 Å². The standard InChI is InChI=1S/C20H36N2O3/c1-14(2)13-20(19(24)25,16-5-3-4-6-16)22-18(23)12-9-15-7-10-17(21)11-8-15/h14-17H,3-13,21H2,1-2H3,(H,22,23)(H,24,25)/t15?,17?,20-/m1/s1. The van der Waals surface area contributed by atoms with Crippen molar-refractivity contribution in [2.75, 3.05) is 0 Å². The number of rotatable bonds is 8. The van der Waals surface area contributed by atoms with Crippen molar-refractivity contribution < 1.29 is 14.7 Å². The summed E-state index contributed by atoms with van der Waals surface area (Å²) in [6.07, 6.45) is 9.99. The average Bonchev–Trinajstić information content (AvgIpc) is 3.08. The van der Waals surface area contributed by atoms with Gasteiger partial charge in [-0.1, -0.05) is 26.7 Å². The van der Waals surface area contributed by atoms with Gasteiger partial charge in [-0.2, -0.15) is 0 Å². The number of carbonyl (C=O) groups excluding carboxylic acids is 1. The second kappa shape index (κ2) is 9.02. The first-order chi connectivity index (χ1) is 11.8. The van der Waals surface area contributed by atoms with Crippen molar-refractivity contribution in [1.29, 1.82) is 0 Å². The SMILES string of the molecule is CC(C)C[C@](NC(=O)CCC1CCC(N)CC1)(C(=O)O)C1CCCC1. The van der Waals surface area contributed by atoms with Crippen LogP contribution in [0, 0.1) is 17.8 Å². The van der Waals surface area contributed by atoms with Crippen LogP contribution in [0.15, 0.2) is 0 Å². The lowest BCUT2D eigenvalue weighted by Gasteiger charge is -2.37. The van der Waals surface area contributed by atoms with Crippen LogP contribution in [0.3, 0.4) is 0 Å². The number of nitrogens with two attached hydrogens (primary N) is 1. The van der Waals surface area contributed by atoms with E-state index in [0.29, 0.717) is 24.8 Å². The Morgan fingerprint density at radius 1 is 1.12 bits per heavy atom. The molecule has 0 spiro atoms. The molecule has 2 aliphatic rings. The molecule has 1 amide bonds. The highest BCUT2D eigenvalue weighted by atomic mass is 16.4. The molecule has 25 heavy (non-hydrogen) atoms. The zero-order chi connectivity index (χ0) is 18.4. The number of amides is 1. The van der Waals surface area contributed by atoms with Gasteiger partial charge in [-0.05, 0) is 69.1 Å². The maximum absolute atomic E-state index is 12.6. The van der Waals surface area contributed by atoms with Crippen molar-refractivity contribution >= 4 is 11.9 Å². The third-order valence-corrected chi connectivity index (χ3v) is 6.20. The molecule has 0 aromatic carbocycles. The third-order valence-electron chi connectivity index (χ3n) is 6.20. The van der Waals surface area contributed by atoms with E-state index in [4.69, 9.17) is 5.73 Å². The molecule has 5 heteroatoms. The van der Waals surface area contributed by atoms with Gasteiger partial charge >= 0.3 is 5.97 Å². The fourth-order valence-corrected chi connectivity index (χ4v) is 4.82. The van der Waals surface area contributed by atoms with E-state index >= 15 is 0 Å². The average molecular weight is 353 g/mol. The highest BCUT2D eigenvalue weighted by molar-refractivity contribution is 5.87. The van der Waals surface area contributed by atoms with E-state index in [1.165, 1.54) is 0 Å². The molecule has 0 bridgehead atoms. The van der Waals surface area contributed by atoms with Crippen molar-refractivity contribution in [3.8, 4) is 0 Å². The van der Waals surface area contributed by atoms with Crippen molar-refractivity contribution in [2.45, 2.75) is 96.1 Å². The monoisotopic (exact) mass is 352 g/mol. The van der Waals surface area contributed by atoms with E-state index < -0.39 is 11.5 Å². The molecule has 0 saturated heterocycles. The maximum Gasteiger partial charge on any atom is 0.329 e. The van der Waals surface area contributed by atoms with Gasteiger partial charge in [-0.15, -0.1) is 0 Å². The summed E-state index contributed by atoms with van der Waals surface area (Å²) in [5, 5.41) is 13.0. The summed E-state index contributed by atoms with van der Waals surface area (Å²) in [6, 6.07) is 0.318. The summed E-state index contributed by atoms with van der Waals surface area (Å²) < 4.78 is 0. The lowest BCUT2D eigenvalue weighted by molar-refractivity contribution is -0.151. The van der Waals surface area contributed by atoms with Gasteiger partial charge in [-0.3, -0.25) is 4.79 Å². The van der Waals surface area contributed by atoms with Crippen LogP contribution in [0.25, 0.3) is 0 Å². The molecular weight excluding hydrogens is 316 g/mol. The van der Waals surface area contributed by atoms with E-state index in [1.807, 2.05) is 13.8 Å². The molecule has 0 aromatic heterocycles. The normalized spacial score (nSPS) is 27.2. The minimum atomic E-state index is -1.09. The van der Waals surface area contributed by atoms with Gasteiger partial charge in [-0.25, -0.2) is 4.79 Å². The molecule has 0 radical (unpaired) electrons. The molecule has 144 valence electrons. The molecule has 0 heterocycles. The number of aliphatic carboxylic acids is 1. The summed E-state index contributed by atoms with van der Waals surface area (Å²) >= 11 is 0. The van der Waals surface area contributed by atoms with E-state index in [2.05, 4.69) is 5.32 Å². The Balaban J connectivity index is 1.97. The van der Waals surface area contributed by atoms with Gasteiger partial charge in [0.2, 0.25) is 5.91 Å². The second-order valence-corrected chi connectivity index (χ2v) is 8.72. The van der Waals surface area contributed by atoms with Crippen LogP contribution >= 0.6 is 0 Å². The summed E-state index contributed by atoms with van der Waals surface area (Å²) in [4.78, 5) is 24.8. The van der Waals surface area contributed by atoms with Gasteiger partial charge in [0.15, 0.2) is 0 Å². The smallest absolute Gasteiger partial charge is 0.329 e. The van der Waals surface area contributed by atoms with Crippen LogP contribution in [0.4, 0.5) is 0 Å². The Labute approximate surface area is 152 Å². The lowest BCUT2D eigenvalue weighted by Crippen LogP contribution is -2.59. The fourth-order valence-electron chi connectivity index (χ4n) is 4.82. The molecule has 1 atom stereocenters. The predicted octanol–water partition coefficient (Wildman–Crippen LogP) is 3.46. The zero-order valence-corrected chi connectivity index (χ0v) is 15.9. The molecule has 2 fully saturated rings. The van der Waals surface area contributed by atoms with E-state index in [0.717, 1.165) is 57.8 Å². The van der Waals surface area contributed by atoms with E-state index in [1.54, 1.807) is 0 Å². The molecule has 0 aromatic rings. The Kier molecular flexibility index (Phi) is 7.29. The van der Waals surface area contributed by atoms with Crippen LogP contribution in [-0.2, 0) is 9.59 Å². The van der Waals surface area contributed by atoms with Crippen molar-refractivity contribution in [2.24, 2.45) is 23.5 Å². The number of hydrogen-bond donors (Lipinski definition) is 3. The minimum Gasteiger partial charge on any atom is -0.479 e. The Morgan fingerprint density at radius 2 is 1.72 bits per heavy atom. The van der Waals surface area contributed by atoms with Crippen LogP contribution in [0.1, 0.15) is 84.5 Å². The van der Waals surface area contributed by atoms with Crippen molar-refractivity contribution in [3.05, 3.63) is 0 Å². The third kappa shape index (κ3) is 5.44. The van der Waals surface area contributed by atoms with Gasteiger partial charge < -0.3 is 16.2 Å². The molecule has 2 aliphatic carbocycles. The van der Waals surface area contributed by atoms with Crippen LogP contribution in [0.2, 0.25) is 0 Å². The topological polar surface area (TPSA) is 92.4 Å². The van der Waals surface area contributed by atoms with Crippen LogP contribution in [0.5, 0.6) is 0 Å². The largest absolute Gasteiger partial charge is 0.479 e. The molecule has 0 unspecified atom stereocenters. The van der Waals surface area contributed by atoms with Gasteiger partial charge in [0.25, 0.3) is 0 Å². The molecule has 5 nitrogen and oxygen atoms in total. The Bertz CT molecular complexity index is 452. The van der Waals surface area contributed by atoms with E-state index in [-0.39, 0.29) is 17.7 Å². The molecule has 2 saturated carbocycles. The molecular formula is C20H36N2O3. The van der Waals surface area contributed by atoms with Crippen LogP contribution in [-0.4, -0.2) is 28.6 Å². The van der Waals surface area contributed by atoms with Gasteiger partial charge in [0, 0.05) is 12.5 Å². The number of hydrogen-bond acceptors (Lipinski definition) is 3. The Hall–Kier alpha value is -1.10. The first-order valence-corrected chi connectivity index (χ1v) is 10.1. The highest BCUT2D eigenvalue weighted by Crippen LogP contribution is 2.38. The highest BCUT2D eigenvalue weighted by Gasteiger charge is 2.48. The summed E-state index contributed by atoms with van der Waals surface area (Å²) in [5.74, 6) is -0.0999. The van der Waals surface area contributed by atoms with Crippen molar-refractivity contribution in [3.63, 3.8) is 0 Å². The summed E-state index contributed by atoms with van der Waals surface area (Å²) in [6.45, 7) is 4.06. The Morgan fingerprint density at radius 3 is 2.24 bits per heavy atom. The fraction of sp³-hybridized carbons (Fsp3) is 0.900. The number of carboxylic acids is 1. The molecule has 2 rings (SSSR count). The number of nitrogens with one attached hydrogen (secondary N) is 1. The maximum atomic E-state index is 12.6. The van der Waals surface area contributed by atoms with Crippen LogP contribution < -0.4 is 11.1 Å². The predicted molar refractivity (Wildman–Crippen MR) is 99.1 cm³/mol. The zero-order valence-electron chi connectivity index (χ0n) is 15.9. The first-order valence-electron chi connectivity index (χ1n) is 10.1. The van der Waals surface area contributed by atoms with Crippen molar-refractivity contribution in [1.82, 2.24) is 5.32 Å². The minimum absolute atomic E-state index is 0.0593. The number of carboxylic acid groups (broad SMARTS) is 1. The quantitative estimate of drug-likeness (QED) is 0.624. The number of carbonyl (C=O) groups is 2. The first kappa shape index (κ1) is 20.2. The lowest BCUT2D eigenvalue weighted by atomic mass is 9.76. The summed E-state index contributed by atoms with van der Waals surface area (Å²) in [7, 11) is 0. The molecule has 0 aliphatic heterocycles. The second-order valence-electron chi connectivity index (χ2n) is 8.72. The van der Waals surface area contributed by atoms with Gasteiger partial charge in [0.05, 0.1) is 0 Å².